The van der Waals surface area contributed by atoms with Crippen LogP contribution in [0, 0.1) is 46.3 Å². The summed E-state index contributed by atoms with van der Waals surface area (Å²) in [6.45, 7) is 9.63. The molecular formula is C23H37N5S. The van der Waals surface area contributed by atoms with Crippen LogP contribution in [0.3, 0.4) is 0 Å². The predicted molar refractivity (Wildman–Crippen MR) is 122 cm³/mol. The highest BCUT2D eigenvalue weighted by Crippen LogP contribution is 2.43. The van der Waals surface area contributed by atoms with Gasteiger partial charge >= 0.3 is 0 Å². The molecule has 1 saturated heterocycles. The third-order valence-corrected chi connectivity index (χ3v) is 8.39. The van der Waals surface area contributed by atoms with E-state index in [2.05, 4.69) is 54.7 Å². The van der Waals surface area contributed by atoms with Crippen LogP contribution in [0.15, 0.2) is 23.8 Å². The maximum atomic E-state index is 9.09. The summed E-state index contributed by atoms with van der Waals surface area (Å²) >= 11 is 1.99. The molecule has 29 heavy (non-hydrogen) atoms. The van der Waals surface area contributed by atoms with Gasteiger partial charge in [0.15, 0.2) is 0 Å². The molecule has 3 rings (SSSR count). The molecule has 0 spiro atoms. The number of piperidine rings is 1. The van der Waals surface area contributed by atoms with Crippen molar-refractivity contribution in [3.63, 3.8) is 0 Å². The van der Waals surface area contributed by atoms with E-state index in [1.54, 1.807) is 0 Å². The van der Waals surface area contributed by atoms with E-state index >= 15 is 0 Å². The van der Waals surface area contributed by atoms with Crippen LogP contribution >= 0.6 is 11.9 Å². The summed E-state index contributed by atoms with van der Waals surface area (Å²) in [6.07, 6.45) is 11.5. The zero-order valence-corrected chi connectivity index (χ0v) is 18.9. The minimum atomic E-state index is 0.0753. The number of nitriles is 1. The maximum Gasteiger partial charge on any atom is 0.0958 e. The Kier molecular flexibility index (Phi) is 7.84. The van der Waals surface area contributed by atoms with E-state index in [-0.39, 0.29) is 17.9 Å². The number of hydrogen-bond donors (Lipinski definition) is 3. The second-order valence-corrected chi connectivity index (χ2v) is 10.3. The van der Waals surface area contributed by atoms with Gasteiger partial charge in [-0.05, 0) is 56.9 Å². The monoisotopic (exact) mass is 415 g/mol. The quantitative estimate of drug-likeness (QED) is 0.265. The molecule has 160 valence electrons. The Labute approximate surface area is 180 Å². The van der Waals surface area contributed by atoms with Crippen LogP contribution in [0.25, 0.3) is 0 Å². The molecule has 0 amide bonds. The van der Waals surface area contributed by atoms with Crippen LogP contribution < -0.4 is 11.1 Å². The molecule has 1 fully saturated rings. The van der Waals surface area contributed by atoms with Crippen molar-refractivity contribution in [2.75, 3.05) is 19.6 Å². The van der Waals surface area contributed by atoms with E-state index in [0.29, 0.717) is 28.8 Å². The molecule has 6 heteroatoms. The molecule has 4 N–H and O–H groups in total. The van der Waals surface area contributed by atoms with E-state index in [1.165, 1.54) is 18.4 Å². The number of likely N-dealkylation sites (N-methyl/N-ethyl adjacent to an activating group) is 1. The molecule has 0 radical (unpaired) electrons. The number of nitrogens with one attached hydrogen (secondary N) is 2. The van der Waals surface area contributed by atoms with Crippen LogP contribution in [0.2, 0.25) is 0 Å². The highest BCUT2D eigenvalue weighted by Gasteiger charge is 2.40. The van der Waals surface area contributed by atoms with Crippen molar-refractivity contribution in [2.24, 2.45) is 35.3 Å². The van der Waals surface area contributed by atoms with Crippen molar-refractivity contribution in [3.8, 4) is 6.07 Å². The minimum absolute atomic E-state index is 0.0753. The summed E-state index contributed by atoms with van der Waals surface area (Å²) in [6, 6.07) is 2.60. The lowest BCUT2D eigenvalue weighted by Gasteiger charge is -2.43. The van der Waals surface area contributed by atoms with E-state index in [9.17, 15) is 0 Å². The topological polar surface area (TPSA) is 88.9 Å². The van der Waals surface area contributed by atoms with E-state index in [4.69, 9.17) is 16.4 Å². The molecule has 0 saturated carbocycles. The molecule has 0 aromatic rings. The predicted octanol–water partition coefficient (Wildman–Crippen LogP) is 3.95. The third kappa shape index (κ3) is 5.25. The molecule has 3 aliphatic rings. The zero-order chi connectivity index (χ0) is 21.0. The lowest BCUT2D eigenvalue weighted by atomic mass is 9.65. The Morgan fingerprint density at radius 1 is 1.31 bits per heavy atom. The fourth-order valence-corrected chi connectivity index (χ4v) is 6.77. The standard InChI is InChI=1S/C23H37N5S/c1-4-27-21-8-7-20(16(3)22(21)23(25)26)19-6-5-18(13-15(19)2)29-28-11-9-17(14-24)10-12-28/h7-8,13,16-22,27H,4-6,9-12H2,1-3H3,(H3,25,26). The highest BCUT2D eigenvalue weighted by molar-refractivity contribution is 7.97. The molecule has 0 aromatic carbocycles. The van der Waals surface area contributed by atoms with Crippen molar-refractivity contribution >= 4 is 17.8 Å². The first-order valence-electron chi connectivity index (χ1n) is 11.2. The van der Waals surface area contributed by atoms with Crippen molar-refractivity contribution in [1.82, 2.24) is 9.62 Å². The summed E-state index contributed by atoms with van der Waals surface area (Å²) in [5.41, 5.74) is 7.51. The van der Waals surface area contributed by atoms with Gasteiger partial charge in [0.25, 0.3) is 0 Å². The average Bonchev–Trinajstić information content (AvgIpc) is 2.69. The number of nitrogens with zero attached hydrogens (tertiary/aromatic N) is 2. The van der Waals surface area contributed by atoms with Gasteiger partial charge in [0.2, 0.25) is 0 Å². The molecular weight excluding hydrogens is 378 g/mol. The summed E-state index contributed by atoms with van der Waals surface area (Å²) < 4.78 is 2.47. The molecule has 1 heterocycles. The average molecular weight is 416 g/mol. The number of allylic oxidation sites excluding steroid dienone is 2. The molecule has 6 unspecified atom stereocenters. The third-order valence-electron chi connectivity index (χ3n) is 7.08. The van der Waals surface area contributed by atoms with Gasteiger partial charge in [0, 0.05) is 36.2 Å². The first-order valence-corrected chi connectivity index (χ1v) is 12.0. The molecule has 1 aliphatic heterocycles. The van der Waals surface area contributed by atoms with E-state index < -0.39 is 0 Å². The van der Waals surface area contributed by atoms with Gasteiger partial charge in [0.05, 0.1) is 11.9 Å². The minimum Gasteiger partial charge on any atom is -0.387 e. The fraction of sp³-hybridized carbons (Fsp3) is 0.739. The number of nitrogens with two attached hydrogens (primary N) is 1. The smallest absolute Gasteiger partial charge is 0.0958 e. The fourth-order valence-electron chi connectivity index (χ4n) is 5.45. The number of rotatable bonds is 6. The normalized spacial score (nSPS) is 36.4. The lowest BCUT2D eigenvalue weighted by Crippen LogP contribution is -2.49. The van der Waals surface area contributed by atoms with Crippen LogP contribution in [0.1, 0.15) is 46.5 Å². The first kappa shape index (κ1) is 22.4. The van der Waals surface area contributed by atoms with Crippen molar-refractivity contribution < 1.29 is 0 Å². The van der Waals surface area contributed by atoms with Gasteiger partial charge in [-0.15, -0.1) is 0 Å². The summed E-state index contributed by atoms with van der Waals surface area (Å²) in [7, 11) is 0. The number of hydrogen-bond acceptors (Lipinski definition) is 5. The van der Waals surface area contributed by atoms with Crippen molar-refractivity contribution in [2.45, 2.75) is 57.7 Å². The van der Waals surface area contributed by atoms with E-state index in [0.717, 1.165) is 32.5 Å². The Morgan fingerprint density at radius 3 is 2.62 bits per heavy atom. The first-order chi connectivity index (χ1) is 13.9. The SMILES string of the molecule is CCNC1C=CC(C2CCC(SN3CCC(C#N)CC3)C=C2C)C(C)C1C(=N)N. The Balaban J connectivity index is 1.64. The van der Waals surface area contributed by atoms with Gasteiger partial charge in [0.1, 0.15) is 0 Å². The Bertz CT molecular complexity index is 673. The van der Waals surface area contributed by atoms with Crippen LogP contribution in [-0.2, 0) is 0 Å². The molecule has 6 atom stereocenters. The van der Waals surface area contributed by atoms with Gasteiger partial charge in [-0.25, -0.2) is 0 Å². The van der Waals surface area contributed by atoms with Gasteiger partial charge in [-0.2, -0.15) is 5.26 Å². The Hall–Kier alpha value is -1.29. The van der Waals surface area contributed by atoms with Crippen LogP contribution in [0.5, 0.6) is 0 Å². The summed E-state index contributed by atoms with van der Waals surface area (Å²) in [5, 5.41) is 21.3. The highest BCUT2D eigenvalue weighted by atomic mass is 32.2. The summed E-state index contributed by atoms with van der Waals surface area (Å²) in [4.78, 5) is 0. The van der Waals surface area contributed by atoms with Gasteiger partial charge < -0.3 is 11.1 Å². The molecule has 2 aliphatic carbocycles. The lowest BCUT2D eigenvalue weighted by molar-refractivity contribution is 0.224. The van der Waals surface area contributed by atoms with Crippen molar-refractivity contribution in [1.29, 1.82) is 10.7 Å². The largest absolute Gasteiger partial charge is 0.387 e. The molecule has 0 aromatic heterocycles. The summed E-state index contributed by atoms with van der Waals surface area (Å²) in [5.74, 6) is 2.00. The van der Waals surface area contributed by atoms with E-state index in [1.807, 2.05) is 11.9 Å². The van der Waals surface area contributed by atoms with Crippen molar-refractivity contribution in [3.05, 3.63) is 23.8 Å². The van der Waals surface area contributed by atoms with Crippen LogP contribution in [0.4, 0.5) is 0 Å². The second kappa shape index (κ2) is 10.1. The Morgan fingerprint density at radius 2 is 2.03 bits per heavy atom. The van der Waals surface area contributed by atoms with Gasteiger partial charge in [-0.3, -0.25) is 9.71 Å². The maximum absolute atomic E-state index is 9.09. The molecule has 0 bridgehead atoms. The second-order valence-electron chi connectivity index (χ2n) is 8.96. The van der Waals surface area contributed by atoms with Crippen LogP contribution in [-0.4, -0.2) is 41.1 Å². The van der Waals surface area contributed by atoms with Gasteiger partial charge in [-0.1, -0.05) is 49.6 Å². The molecule has 5 nitrogen and oxygen atoms in total. The zero-order valence-electron chi connectivity index (χ0n) is 18.1. The number of amidine groups is 1.